The maximum Gasteiger partial charge on any atom is 0.257 e. The van der Waals surface area contributed by atoms with E-state index in [1.54, 1.807) is 4.90 Å². The van der Waals surface area contributed by atoms with Crippen molar-refractivity contribution in [2.24, 2.45) is 0 Å². The lowest BCUT2D eigenvalue weighted by Gasteiger charge is -2.27. The van der Waals surface area contributed by atoms with Crippen LogP contribution in [0.4, 0.5) is 0 Å². The summed E-state index contributed by atoms with van der Waals surface area (Å²) in [7, 11) is 0.739. The van der Waals surface area contributed by atoms with Gasteiger partial charge in [-0.1, -0.05) is 0 Å². The molecule has 122 valence electrons. The molecule has 0 radical (unpaired) electrons. The molecule has 0 saturated carbocycles. The van der Waals surface area contributed by atoms with E-state index in [1.165, 1.54) is 39.4 Å². The summed E-state index contributed by atoms with van der Waals surface area (Å²) in [6.07, 6.45) is 0. The molecule has 0 aromatic heterocycles. The second-order valence-electron chi connectivity index (χ2n) is 5.05. The van der Waals surface area contributed by atoms with Crippen LogP contribution in [0.25, 0.3) is 0 Å². The summed E-state index contributed by atoms with van der Waals surface area (Å²) in [6, 6.07) is 4.31. The molecule has 7 nitrogen and oxygen atoms in total. The van der Waals surface area contributed by atoms with Crippen molar-refractivity contribution in [3.8, 4) is 5.75 Å². The minimum atomic E-state index is -3.61. The Morgan fingerprint density at radius 3 is 2.45 bits per heavy atom. The quantitative estimate of drug-likeness (QED) is 0.800. The number of sulfonamides is 1. The van der Waals surface area contributed by atoms with Crippen LogP contribution in [0.5, 0.6) is 5.75 Å². The van der Waals surface area contributed by atoms with E-state index < -0.39 is 10.0 Å². The molecule has 1 fully saturated rings. The average molecular weight is 328 g/mol. The van der Waals surface area contributed by atoms with Crippen LogP contribution in [0.2, 0.25) is 0 Å². The molecule has 0 spiro atoms. The number of methoxy groups -OCH3 is 1. The lowest BCUT2D eigenvalue weighted by atomic mass is 10.1. The lowest BCUT2D eigenvalue weighted by Crippen LogP contribution is -2.40. The van der Waals surface area contributed by atoms with Gasteiger partial charge in [-0.3, -0.25) is 4.79 Å². The van der Waals surface area contributed by atoms with E-state index in [9.17, 15) is 13.2 Å². The number of benzene rings is 1. The van der Waals surface area contributed by atoms with Gasteiger partial charge in [-0.15, -0.1) is 0 Å². The van der Waals surface area contributed by atoms with E-state index in [0.29, 0.717) is 32.1 Å². The summed E-state index contributed by atoms with van der Waals surface area (Å²) in [5.41, 5.74) is 0.243. The van der Waals surface area contributed by atoms with E-state index in [4.69, 9.17) is 9.47 Å². The van der Waals surface area contributed by atoms with Crippen LogP contribution >= 0.6 is 0 Å². The first-order valence-electron chi connectivity index (χ1n) is 6.85. The van der Waals surface area contributed by atoms with Gasteiger partial charge in [-0.25, -0.2) is 12.7 Å². The van der Waals surface area contributed by atoms with Gasteiger partial charge in [0.05, 0.1) is 30.8 Å². The van der Waals surface area contributed by atoms with Gasteiger partial charge in [0.2, 0.25) is 10.0 Å². The molecule has 2 rings (SSSR count). The Morgan fingerprint density at radius 2 is 1.91 bits per heavy atom. The third-order valence-electron chi connectivity index (χ3n) is 3.48. The Kier molecular flexibility index (Phi) is 5.05. The average Bonchev–Trinajstić information content (AvgIpc) is 2.54. The van der Waals surface area contributed by atoms with Gasteiger partial charge in [0.1, 0.15) is 5.75 Å². The number of morpholine rings is 1. The standard InChI is InChI=1S/C14H20N2O5S/c1-15(2)22(18,19)11-4-5-13(20-3)12(10-11)14(17)16-6-8-21-9-7-16/h4-5,10H,6-9H2,1-3H3. The van der Waals surface area contributed by atoms with Gasteiger partial charge in [-0.2, -0.15) is 0 Å². The molecular weight excluding hydrogens is 308 g/mol. The van der Waals surface area contributed by atoms with Crippen molar-refractivity contribution in [1.29, 1.82) is 0 Å². The molecule has 1 aliphatic heterocycles. The van der Waals surface area contributed by atoms with Crippen molar-refractivity contribution in [2.45, 2.75) is 4.90 Å². The molecule has 1 amide bonds. The number of hydrogen-bond acceptors (Lipinski definition) is 5. The third kappa shape index (κ3) is 3.23. The highest BCUT2D eigenvalue weighted by atomic mass is 32.2. The van der Waals surface area contributed by atoms with Gasteiger partial charge in [-0.05, 0) is 18.2 Å². The first-order valence-corrected chi connectivity index (χ1v) is 8.29. The van der Waals surface area contributed by atoms with Crippen LogP contribution in [-0.2, 0) is 14.8 Å². The SMILES string of the molecule is COc1ccc(S(=O)(=O)N(C)C)cc1C(=O)N1CCOCC1. The molecule has 1 saturated heterocycles. The molecule has 0 unspecified atom stereocenters. The fourth-order valence-corrected chi connectivity index (χ4v) is 3.09. The highest BCUT2D eigenvalue weighted by molar-refractivity contribution is 7.89. The smallest absolute Gasteiger partial charge is 0.257 e. The highest BCUT2D eigenvalue weighted by Crippen LogP contribution is 2.25. The van der Waals surface area contributed by atoms with Crippen molar-refractivity contribution in [3.63, 3.8) is 0 Å². The molecule has 0 bridgehead atoms. The zero-order chi connectivity index (χ0) is 16.3. The Bertz CT molecular complexity index is 651. The van der Waals surface area contributed by atoms with Gasteiger partial charge >= 0.3 is 0 Å². The highest BCUT2D eigenvalue weighted by Gasteiger charge is 2.25. The molecule has 1 aromatic rings. The summed E-state index contributed by atoms with van der Waals surface area (Å²) in [6.45, 7) is 1.91. The van der Waals surface area contributed by atoms with E-state index in [2.05, 4.69) is 0 Å². The van der Waals surface area contributed by atoms with Gasteiger partial charge < -0.3 is 14.4 Å². The minimum Gasteiger partial charge on any atom is -0.496 e. The van der Waals surface area contributed by atoms with Crippen LogP contribution in [0.3, 0.4) is 0 Å². The van der Waals surface area contributed by atoms with Crippen molar-refractivity contribution in [3.05, 3.63) is 23.8 Å². The molecule has 1 heterocycles. The van der Waals surface area contributed by atoms with E-state index >= 15 is 0 Å². The summed E-state index contributed by atoms with van der Waals surface area (Å²) < 4.78 is 36.0. The molecule has 0 N–H and O–H groups in total. The summed E-state index contributed by atoms with van der Waals surface area (Å²) in [4.78, 5) is 14.3. The van der Waals surface area contributed by atoms with E-state index in [-0.39, 0.29) is 16.4 Å². The number of rotatable bonds is 4. The van der Waals surface area contributed by atoms with Gasteiger partial charge in [0.25, 0.3) is 5.91 Å². The molecule has 0 atom stereocenters. The Hall–Kier alpha value is -1.64. The first kappa shape index (κ1) is 16.7. The molecule has 1 aromatic carbocycles. The lowest BCUT2D eigenvalue weighted by molar-refractivity contribution is 0.0300. The number of carbonyl (C=O) groups is 1. The van der Waals surface area contributed by atoms with Gasteiger partial charge in [0.15, 0.2) is 0 Å². The van der Waals surface area contributed by atoms with Crippen LogP contribution in [0.15, 0.2) is 23.1 Å². The largest absolute Gasteiger partial charge is 0.496 e. The van der Waals surface area contributed by atoms with Crippen molar-refractivity contribution in [1.82, 2.24) is 9.21 Å². The summed E-state index contributed by atoms with van der Waals surface area (Å²) >= 11 is 0. The minimum absolute atomic E-state index is 0.0647. The second-order valence-corrected chi connectivity index (χ2v) is 7.21. The van der Waals surface area contributed by atoms with Crippen molar-refractivity contribution < 1.29 is 22.7 Å². The topological polar surface area (TPSA) is 76.2 Å². The normalized spacial score (nSPS) is 15.9. The van der Waals surface area contributed by atoms with Crippen molar-refractivity contribution >= 4 is 15.9 Å². The number of ether oxygens (including phenoxy) is 2. The zero-order valence-corrected chi connectivity index (χ0v) is 13.7. The molecule has 1 aliphatic rings. The monoisotopic (exact) mass is 328 g/mol. The zero-order valence-electron chi connectivity index (χ0n) is 12.9. The van der Waals surface area contributed by atoms with Crippen LogP contribution in [0.1, 0.15) is 10.4 Å². The number of amides is 1. The third-order valence-corrected chi connectivity index (χ3v) is 5.29. The molecule has 8 heteroatoms. The fraction of sp³-hybridized carbons (Fsp3) is 0.500. The molecular formula is C14H20N2O5S. The van der Waals surface area contributed by atoms with Crippen LogP contribution in [0, 0.1) is 0 Å². The second kappa shape index (κ2) is 6.64. The van der Waals surface area contributed by atoms with Crippen LogP contribution in [-0.4, -0.2) is 71.0 Å². The van der Waals surface area contributed by atoms with Crippen molar-refractivity contribution in [2.75, 3.05) is 47.5 Å². The van der Waals surface area contributed by atoms with E-state index in [1.807, 2.05) is 0 Å². The predicted molar refractivity (Wildman–Crippen MR) is 80.6 cm³/mol. The Balaban J connectivity index is 2.42. The predicted octanol–water partition coefficient (Wildman–Crippen LogP) is 0.418. The Labute approximate surface area is 130 Å². The fourth-order valence-electron chi connectivity index (χ4n) is 2.16. The summed E-state index contributed by atoms with van der Waals surface area (Å²) in [5.74, 6) is 0.102. The van der Waals surface area contributed by atoms with Gasteiger partial charge in [0, 0.05) is 27.2 Å². The first-order chi connectivity index (χ1) is 10.4. The Morgan fingerprint density at radius 1 is 1.27 bits per heavy atom. The summed E-state index contributed by atoms with van der Waals surface area (Å²) in [5, 5.41) is 0. The molecule has 22 heavy (non-hydrogen) atoms. The van der Waals surface area contributed by atoms with E-state index in [0.717, 1.165) is 4.31 Å². The van der Waals surface area contributed by atoms with Crippen LogP contribution < -0.4 is 4.74 Å². The number of carbonyl (C=O) groups excluding carboxylic acids is 1. The number of nitrogens with zero attached hydrogens (tertiary/aromatic N) is 2. The number of hydrogen-bond donors (Lipinski definition) is 0. The maximum atomic E-state index is 12.6. The molecule has 0 aliphatic carbocycles. The maximum absolute atomic E-state index is 12.6.